The fourth-order valence-corrected chi connectivity index (χ4v) is 3.09. The summed E-state index contributed by atoms with van der Waals surface area (Å²) in [6, 6.07) is 13.0. The zero-order valence-electron chi connectivity index (χ0n) is 14.3. The number of anilines is 2. The van der Waals surface area contributed by atoms with Crippen LogP contribution in [0.3, 0.4) is 0 Å². The largest absolute Gasteiger partial charge is 0.326 e. The second kappa shape index (κ2) is 7.45. The lowest BCUT2D eigenvalue weighted by molar-refractivity contribution is -0.122. The number of hydrogen-bond donors (Lipinski definition) is 2. The summed E-state index contributed by atoms with van der Waals surface area (Å²) >= 11 is 5.78. The van der Waals surface area contributed by atoms with Gasteiger partial charge in [-0.25, -0.2) is 8.42 Å². The van der Waals surface area contributed by atoms with Crippen molar-refractivity contribution in [1.29, 1.82) is 0 Å². The highest BCUT2D eigenvalue weighted by molar-refractivity contribution is 7.92. The smallest absolute Gasteiger partial charge is 0.261 e. The van der Waals surface area contributed by atoms with Gasteiger partial charge in [0.2, 0.25) is 5.91 Å². The van der Waals surface area contributed by atoms with Crippen LogP contribution in [0.2, 0.25) is 0 Å². The molecule has 0 aliphatic rings. The molecule has 5 nitrogen and oxygen atoms in total. The van der Waals surface area contributed by atoms with Crippen LogP contribution in [-0.4, -0.2) is 20.2 Å². The van der Waals surface area contributed by atoms with Gasteiger partial charge in [-0.2, -0.15) is 0 Å². The Hall–Kier alpha value is -2.05. The molecule has 0 heterocycles. The van der Waals surface area contributed by atoms with Crippen LogP contribution in [0.25, 0.3) is 0 Å². The fraction of sp³-hybridized carbons (Fsp3) is 0.278. The molecule has 0 saturated carbocycles. The number of nitrogens with one attached hydrogen (secondary N) is 2. The van der Waals surface area contributed by atoms with E-state index in [-0.39, 0.29) is 16.7 Å². The first-order valence-corrected chi connectivity index (χ1v) is 9.73. The molecule has 0 aromatic heterocycles. The van der Waals surface area contributed by atoms with E-state index in [2.05, 4.69) is 10.0 Å². The molecule has 0 atom stereocenters. The summed E-state index contributed by atoms with van der Waals surface area (Å²) in [6.07, 6.45) is 0. The number of rotatable bonds is 6. The number of carbonyl (C=O) groups excluding carboxylic acids is 1. The zero-order chi connectivity index (χ0) is 18.7. The van der Waals surface area contributed by atoms with Gasteiger partial charge in [0, 0.05) is 17.3 Å². The maximum Gasteiger partial charge on any atom is 0.261 e. The lowest BCUT2D eigenvalue weighted by Crippen LogP contribution is -2.32. The highest BCUT2D eigenvalue weighted by Crippen LogP contribution is 2.22. The standard InChI is InChI=1S/C18H21ClN2O3S/c1-13-4-10-16(11-5-13)25(23,24)21-15-8-6-14(7-9-15)20-17(22)18(2,3)12-19/h4-11,21H,12H2,1-3H3,(H,20,22). The van der Waals surface area contributed by atoms with E-state index in [1.54, 1.807) is 62.4 Å². The van der Waals surface area contributed by atoms with Gasteiger partial charge in [0.05, 0.1) is 10.3 Å². The van der Waals surface area contributed by atoms with Crippen molar-refractivity contribution in [3.8, 4) is 0 Å². The van der Waals surface area contributed by atoms with E-state index in [9.17, 15) is 13.2 Å². The van der Waals surface area contributed by atoms with Crippen LogP contribution in [0.1, 0.15) is 19.4 Å². The van der Waals surface area contributed by atoms with Gasteiger partial charge in [-0.05, 0) is 57.2 Å². The number of aryl methyl sites for hydroxylation is 1. The molecule has 0 aliphatic heterocycles. The molecular weight excluding hydrogens is 360 g/mol. The van der Waals surface area contributed by atoms with Crippen LogP contribution in [-0.2, 0) is 14.8 Å². The number of alkyl halides is 1. The number of sulfonamides is 1. The van der Waals surface area contributed by atoms with E-state index in [1.165, 1.54) is 0 Å². The summed E-state index contributed by atoms with van der Waals surface area (Å²) in [5.41, 5.74) is 1.28. The van der Waals surface area contributed by atoms with Crippen molar-refractivity contribution < 1.29 is 13.2 Å². The van der Waals surface area contributed by atoms with E-state index in [0.29, 0.717) is 11.4 Å². The van der Waals surface area contributed by atoms with E-state index in [0.717, 1.165) is 5.56 Å². The highest BCUT2D eigenvalue weighted by Gasteiger charge is 2.26. The number of carbonyl (C=O) groups is 1. The molecule has 134 valence electrons. The molecule has 7 heteroatoms. The first-order chi connectivity index (χ1) is 11.6. The Labute approximate surface area is 153 Å². The third-order valence-electron chi connectivity index (χ3n) is 3.68. The monoisotopic (exact) mass is 380 g/mol. The Morgan fingerprint density at radius 1 is 1.00 bits per heavy atom. The summed E-state index contributed by atoms with van der Waals surface area (Å²) < 4.78 is 27.2. The van der Waals surface area contributed by atoms with E-state index >= 15 is 0 Å². The Bertz CT molecular complexity index is 845. The second-order valence-electron chi connectivity index (χ2n) is 6.47. The number of hydrogen-bond acceptors (Lipinski definition) is 3. The maximum absolute atomic E-state index is 12.4. The molecule has 0 unspecified atom stereocenters. The van der Waals surface area contributed by atoms with Crippen LogP contribution in [0, 0.1) is 12.3 Å². The lowest BCUT2D eigenvalue weighted by Gasteiger charge is -2.20. The van der Waals surface area contributed by atoms with Crippen molar-refractivity contribution >= 4 is 38.9 Å². The van der Waals surface area contributed by atoms with Gasteiger partial charge in [-0.3, -0.25) is 9.52 Å². The summed E-state index contributed by atoms with van der Waals surface area (Å²) in [7, 11) is -3.65. The molecule has 25 heavy (non-hydrogen) atoms. The lowest BCUT2D eigenvalue weighted by atomic mass is 9.95. The average molecular weight is 381 g/mol. The van der Waals surface area contributed by atoms with E-state index in [1.807, 2.05) is 6.92 Å². The summed E-state index contributed by atoms with van der Waals surface area (Å²) in [5, 5.41) is 2.76. The van der Waals surface area contributed by atoms with Crippen molar-refractivity contribution in [3.05, 3.63) is 54.1 Å². The van der Waals surface area contributed by atoms with Gasteiger partial charge in [0.15, 0.2) is 0 Å². The van der Waals surface area contributed by atoms with Crippen LogP contribution in [0.4, 0.5) is 11.4 Å². The third-order valence-corrected chi connectivity index (χ3v) is 5.74. The SMILES string of the molecule is Cc1ccc(S(=O)(=O)Nc2ccc(NC(=O)C(C)(C)CCl)cc2)cc1. The molecule has 0 aliphatic carbocycles. The predicted octanol–water partition coefficient (Wildman–Crippen LogP) is 4.00. The molecule has 0 saturated heterocycles. The minimum atomic E-state index is -3.65. The van der Waals surface area contributed by atoms with E-state index in [4.69, 9.17) is 11.6 Å². The molecule has 1 amide bonds. The third kappa shape index (κ3) is 4.96. The van der Waals surface area contributed by atoms with Crippen molar-refractivity contribution in [2.75, 3.05) is 15.9 Å². The summed E-state index contributed by atoms with van der Waals surface area (Å²) in [4.78, 5) is 12.3. The first-order valence-electron chi connectivity index (χ1n) is 7.71. The van der Waals surface area contributed by atoms with Crippen LogP contribution < -0.4 is 10.0 Å². The van der Waals surface area contributed by atoms with Crippen molar-refractivity contribution in [3.63, 3.8) is 0 Å². The normalized spacial score (nSPS) is 11.8. The predicted molar refractivity (Wildman–Crippen MR) is 102 cm³/mol. The van der Waals surface area contributed by atoms with Gasteiger partial charge < -0.3 is 5.32 Å². The Kier molecular flexibility index (Phi) is 5.75. The Morgan fingerprint density at radius 3 is 2.04 bits per heavy atom. The van der Waals surface area contributed by atoms with Crippen molar-refractivity contribution in [1.82, 2.24) is 0 Å². The van der Waals surface area contributed by atoms with Crippen LogP contribution in [0.5, 0.6) is 0 Å². The second-order valence-corrected chi connectivity index (χ2v) is 8.42. The average Bonchev–Trinajstić information content (AvgIpc) is 2.56. The van der Waals surface area contributed by atoms with E-state index < -0.39 is 15.4 Å². The minimum absolute atomic E-state index is 0.194. The molecular formula is C18H21ClN2O3S. The Balaban J connectivity index is 2.10. The first kappa shape index (κ1) is 19.3. The van der Waals surface area contributed by atoms with Crippen molar-refractivity contribution in [2.45, 2.75) is 25.7 Å². The molecule has 2 aromatic carbocycles. The van der Waals surface area contributed by atoms with Gasteiger partial charge in [-0.1, -0.05) is 17.7 Å². The summed E-state index contributed by atoms with van der Waals surface area (Å²) in [6.45, 7) is 5.39. The van der Waals surface area contributed by atoms with Crippen LogP contribution in [0.15, 0.2) is 53.4 Å². The number of amides is 1. The molecule has 0 fully saturated rings. The van der Waals surface area contributed by atoms with Gasteiger partial charge in [-0.15, -0.1) is 11.6 Å². The van der Waals surface area contributed by atoms with Crippen molar-refractivity contribution in [2.24, 2.45) is 5.41 Å². The van der Waals surface area contributed by atoms with Gasteiger partial charge >= 0.3 is 0 Å². The molecule has 0 radical (unpaired) electrons. The fourth-order valence-electron chi connectivity index (χ4n) is 1.91. The summed E-state index contributed by atoms with van der Waals surface area (Å²) in [5.74, 6) is 0.00303. The Morgan fingerprint density at radius 2 is 1.52 bits per heavy atom. The minimum Gasteiger partial charge on any atom is -0.326 e. The molecule has 2 N–H and O–H groups in total. The quantitative estimate of drug-likeness (QED) is 0.744. The highest BCUT2D eigenvalue weighted by atomic mass is 35.5. The van der Waals surface area contributed by atoms with Gasteiger partial charge in [0.1, 0.15) is 0 Å². The molecule has 0 bridgehead atoms. The van der Waals surface area contributed by atoms with Gasteiger partial charge in [0.25, 0.3) is 10.0 Å². The molecule has 2 aromatic rings. The molecule has 2 rings (SSSR count). The number of halogens is 1. The topological polar surface area (TPSA) is 75.3 Å². The zero-order valence-corrected chi connectivity index (χ0v) is 15.9. The number of benzene rings is 2. The molecule has 0 spiro atoms. The maximum atomic E-state index is 12.4. The van der Waals surface area contributed by atoms with Crippen LogP contribution >= 0.6 is 11.6 Å².